The fourth-order valence-electron chi connectivity index (χ4n) is 4.91. The average molecular weight is 421 g/mol. The summed E-state index contributed by atoms with van der Waals surface area (Å²) in [5.41, 5.74) is 2.69. The zero-order valence-electron chi connectivity index (χ0n) is 18.9. The molecular formula is C26H32N2O3. The molecule has 5 nitrogen and oxygen atoms in total. The number of rotatable bonds is 6. The van der Waals surface area contributed by atoms with Crippen LogP contribution in [0.25, 0.3) is 11.1 Å². The molecule has 1 heterocycles. The minimum atomic E-state index is -0.552. The molecule has 0 radical (unpaired) electrons. The largest absolute Gasteiger partial charge is 0.496 e. The molecule has 2 amide bonds. The van der Waals surface area contributed by atoms with Crippen molar-refractivity contribution in [1.29, 1.82) is 0 Å². The van der Waals surface area contributed by atoms with E-state index in [9.17, 15) is 9.59 Å². The molecule has 1 saturated carbocycles. The number of amides is 2. The lowest BCUT2D eigenvalue weighted by Crippen LogP contribution is -2.45. The summed E-state index contributed by atoms with van der Waals surface area (Å²) in [7, 11) is 5.30. The third kappa shape index (κ3) is 4.18. The topological polar surface area (TPSA) is 49.9 Å². The molecule has 0 bridgehead atoms. The summed E-state index contributed by atoms with van der Waals surface area (Å²) in [4.78, 5) is 29.6. The summed E-state index contributed by atoms with van der Waals surface area (Å²) in [5, 5.41) is 0. The summed E-state index contributed by atoms with van der Waals surface area (Å²) in [5.74, 6) is 1.82. The highest BCUT2D eigenvalue weighted by molar-refractivity contribution is 5.87. The van der Waals surface area contributed by atoms with Gasteiger partial charge < -0.3 is 14.5 Å². The van der Waals surface area contributed by atoms with Crippen molar-refractivity contribution in [2.45, 2.75) is 26.2 Å². The fraction of sp³-hybridized carbons (Fsp3) is 0.462. The van der Waals surface area contributed by atoms with Crippen LogP contribution in [0.4, 0.5) is 0 Å². The summed E-state index contributed by atoms with van der Waals surface area (Å²) in [6, 6.07) is 16.3. The van der Waals surface area contributed by atoms with Gasteiger partial charge in [-0.2, -0.15) is 0 Å². The maximum atomic E-state index is 13.2. The SMILES string of the molecule is COc1ccccc1-c1ccc(C[C@]2(C(=O)N(C)C)CCN(C(=O)[C@H]3C[C@@H]3C)C2)cc1. The smallest absolute Gasteiger partial charge is 0.230 e. The van der Waals surface area contributed by atoms with Crippen LogP contribution in [0.15, 0.2) is 48.5 Å². The number of carbonyl (C=O) groups is 2. The van der Waals surface area contributed by atoms with Gasteiger partial charge in [-0.25, -0.2) is 0 Å². The lowest BCUT2D eigenvalue weighted by atomic mass is 9.79. The van der Waals surface area contributed by atoms with Crippen molar-refractivity contribution in [2.24, 2.45) is 17.3 Å². The summed E-state index contributed by atoms with van der Waals surface area (Å²) in [6.07, 6.45) is 2.33. The third-order valence-electron chi connectivity index (χ3n) is 6.87. The number of likely N-dealkylation sites (tertiary alicyclic amines) is 1. The Morgan fingerprint density at radius 3 is 2.42 bits per heavy atom. The average Bonchev–Trinajstić information content (AvgIpc) is 3.36. The lowest BCUT2D eigenvalue weighted by Gasteiger charge is -2.31. The molecule has 5 heteroatoms. The number of benzene rings is 2. The first-order valence-electron chi connectivity index (χ1n) is 11.1. The Morgan fingerprint density at radius 2 is 1.81 bits per heavy atom. The van der Waals surface area contributed by atoms with Gasteiger partial charge in [0.25, 0.3) is 0 Å². The second kappa shape index (κ2) is 8.37. The number of nitrogens with zero attached hydrogens (tertiary/aromatic N) is 2. The van der Waals surface area contributed by atoms with E-state index >= 15 is 0 Å². The second-order valence-electron chi connectivity index (χ2n) is 9.38. The fourth-order valence-corrected chi connectivity index (χ4v) is 4.91. The quantitative estimate of drug-likeness (QED) is 0.713. The zero-order chi connectivity index (χ0) is 22.2. The molecule has 2 aromatic rings. The number of hydrogen-bond donors (Lipinski definition) is 0. The van der Waals surface area contributed by atoms with Gasteiger partial charge in [-0.05, 0) is 42.4 Å². The maximum Gasteiger partial charge on any atom is 0.230 e. The first-order valence-corrected chi connectivity index (χ1v) is 11.1. The Kier molecular flexibility index (Phi) is 5.78. The Morgan fingerprint density at radius 1 is 1.13 bits per heavy atom. The van der Waals surface area contributed by atoms with Gasteiger partial charge >= 0.3 is 0 Å². The van der Waals surface area contributed by atoms with Gasteiger partial charge in [0.1, 0.15) is 5.75 Å². The highest BCUT2D eigenvalue weighted by atomic mass is 16.5. The van der Waals surface area contributed by atoms with Crippen LogP contribution in [0.5, 0.6) is 5.75 Å². The number of ether oxygens (including phenoxy) is 1. The molecule has 4 rings (SSSR count). The van der Waals surface area contributed by atoms with Crippen molar-refractivity contribution in [3.8, 4) is 16.9 Å². The molecule has 2 fully saturated rings. The Labute approximate surface area is 185 Å². The first kappa shape index (κ1) is 21.4. The van der Waals surface area contributed by atoms with E-state index in [4.69, 9.17) is 4.74 Å². The van der Waals surface area contributed by atoms with Crippen LogP contribution in [-0.4, -0.2) is 55.9 Å². The molecular weight excluding hydrogens is 388 g/mol. The predicted molar refractivity (Wildman–Crippen MR) is 122 cm³/mol. The van der Waals surface area contributed by atoms with Gasteiger partial charge in [-0.15, -0.1) is 0 Å². The molecule has 0 aromatic heterocycles. The number of hydrogen-bond acceptors (Lipinski definition) is 3. The highest BCUT2D eigenvalue weighted by Gasteiger charge is 2.50. The third-order valence-corrected chi connectivity index (χ3v) is 6.87. The van der Waals surface area contributed by atoms with Crippen molar-refractivity contribution in [3.05, 3.63) is 54.1 Å². The molecule has 3 atom stereocenters. The minimum absolute atomic E-state index is 0.112. The Hall–Kier alpha value is -2.82. The van der Waals surface area contributed by atoms with Crippen LogP contribution < -0.4 is 4.74 Å². The molecule has 2 aliphatic rings. The number of carbonyl (C=O) groups excluding carboxylic acids is 2. The van der Waals surface area contributed by atoms with E-state index in [2.05, 4.69) is 31.2 Å². The Balaban J connectivity index is 1.55. The highest BCUT2D eigenvalue weighted by Crippen LogP contribution is 2.43. The van der Waals surface area contributed by atoms with Crippen LogP contribution in [-0.2, 0) is 16.0 Å². The molecule has 1 aliphatic carbocycles. The van der Waals surface area contributed by atoms with E-state index in [1.54, 1.807) is 12.0 Å². The van der Waals surface area contributed by atoms with Gasteiger partial charge in [0, 0.05) is 38.7 Å². The number of para-hydroxylation sites is 1. The molecule has 0 unspecified atom stereocenters. The van der Waals surface area contributed by atoms with Gasteiger partial charge in [0.15, 0.2) is 0 Å². The molecule has 0 N–H and O–H groups in total. The van der Waals surface area contributed by atoms with E-state index in [-0.39, 0.29) is 17.7 Å². The summed E-state index contributed by atoms with van der Waals surface area (Å²) in [6.45, 7) is 3.31. The van der Waals surface area contributed by atoms with E-state index in [0.29, 0.717) is 31.8 Å². The van der Waals surface area contributed by atoms with Crippen LogP contribution in [0.3, 0.4) is 0 Å². The van der Waals surface area contributed by atoms with E-state index < -0.39 is 5.41 Å². The Bertz CT molecular complexity index is 969. The van der Waals surface area contributed by atoms with E-state index in [1.807, 2.05) is 43.3 Å². The van der Waals surface area contributed by atoms with E-state index in [0.717, 1.165) is 28.9 Å². The van der Waals surface area contributed by atoms with Crippen molar-refractivity contribution >= 4 is 11.8 Å². The normalized spacial score (nSPS) is 24.7. The minimum Gasteiger partial charge on any atom is -0.496 e. The predicted octanol–water partition coefficient (Wildman–Crippen LogP) is 3.87. The van der Waals surface area contributed by atoms with Crippen molar-refractivity contribution in [3.63, 3.8) is 0 Å². The summed E-state index contributed by atoms with van der Waals surface area (Å²) < 4.78 is 5.49. The maximum absolute atomic E-state index is 13.2. The monoisotopic (exact) mass is 420 g/mol. The van der Waals surface area contributed by atoms with E-state index in [1.165, 1.54) is 0 Å². The first-order chi connectivity index (χ1) is 14.8. The van der Waals surface area contributed by atoms with Gasteiger partial charge in [0.05, 0.1) is 12.5 Å². The van der Waals surface area contributed by atoms with Gasteiger partial charge in [-0.1, -0.05) is 49.4 Å². The van der Waals surface area contributed by atoms with Crippen LogP contribution in [0, 0.1) is 17.3 Å². The van der Waals surface area contributed by atoms with Crippen LogP contribution in [0.2, 0.25) is 0 Å². The molecule has 164 valence electrons. The molecule has 2 aromatic carbocycles. The lowest BCUT2D eigenvalue weighted by molar-refractivity contribution is -0.140. The van der Waals surface area contributed by atoms with Crippen molar-refractivity contribution in [1.82, 2.24) is 9.80 Å². The molecule has 0 spiro atoms. The molecule has 1 aliphatic heterocycles. The van der Waals surface area contributed by atoms with Crippen molar-refractivity contribution in [2.75, 3.05) is 34.3 Å². The van der Waals surface area contributed by atoms with Gasteiger partial charge in [-0.3, -0.25) is 9.59 Å². The van der Waals surface area contributed by atoms with Crippen LogP contribution in [0.1, 0.15) is 25.3 Å². The zero-order valence-corrected chi connectivity index (χ0v) is 18.9. The van der Waals surface area contributed by atoms with Gasteiger partial charge in [0.2, 0.25) is 11.8 Å². The van der Waals surface area contributed by atoms with Crippen molar-refractivity contribution < 1.29 is 14.3 Å². The second-order valence-corrected chi connectivity index (χ2v) is 9.38. The molecule has 31 heavy (non-hydrogen) atoms. The number of methoxy groups -OCH3 is 1. The van der Waals surface area contributed by atoms with Crippen LogP contribution >= 0.6 is 0 Å². The standard InChI is InChI=1S/C26H32N2O3/c1-18-15-22(18)24(29)28-14-13-26(17-28,25(30)27(2)3)16-19-9-11-20(12-10-19)21-7-5-6-8-23(21)31-4/h5-12,18,22H,13-17H2,1-4H3/t18-,22-,26+/m0/s1. The molecule has 1 saturated heterocycles. The summed E-state index contributed by atoms with van der Waals surface area (Å²) >= 11 is 0.